The van der Waals surface area contributed by atoms with Gasteiger partial charge in [-0.15, -0.1) is 0 Å². The fraction of sp³-hybridized carbons (Fsp3) is 0.300. The monoisotopic (exact) mass is 343 g/mol. The summed E-state index contributed by atoms with van der Waals surface area (Å²) in [6.45, 7) is 6.22. The van der Waals surface area contributed by atoms with E-state index in [4.69, 9.17) is 0 Å². The highest BCUT2D eigenvalue weighted by molar-refractivity contribution is 5.96. The molecule has 5 heteroatoms. The molecular weight excluding hydrogens is 321 g/mol. The molecular formula is C20H22FNO3. The summed E-state index contributed by atoms with van der Waals surface area (Å²) >= 11 is 0. The molecule has 0 unspecified atom stereocenters. The van der Waals surface area contributed by atoms with Crippen molar-refractivity contribution < 1.29 is 19.1 Å². The largest absolute Gasteiger partial charge is 0.480 e. The van der Waals surface area contributed by atoms with Gasteiger partial charge >= 0.3 is 5.97 Å². The summed E-state index contributed by atoms with van der Waals surface area (Å²) in [5.41, 5.74) is 2.10. The van der Waals surface area contributed by atoms with Crippen LogP contribution in [0.25, 0.3) is 0 Å². The van der Waals surface area contributed by atoms with Crippen molar-refractivity contribution in [3.05, 3.63) is 71.0 Å². The first-order valence-electron chi connectivity index (χ1n) is 8.05. The van der Waals surface area contributed by atoms with Crippen LogP contribution in [0.1, 0.15) is 42.3 Å². The van der Waals surface area contributed by atoms with Crippen LogP contribution < -0.4 is 5.32 Å². The third-order valence-electron chi connectivity index (χ3n) is 3.97. The number of carbonyl (C=O) groups is 2. The molecule has 4 nitrogen and oxygen atoms in total. The Hall–Kier alpha value is -2.69. The van der Waals surface area contributed by atoms with E-state index in [1.165, 1.54) is 24.3 Å². The summed E-state index contributed by atoms with van der Waals surface area (Å²) in [6, 6.07) is 11.6. The van der Waals surface area contributed by atoms with Gasteiger partial charge in [0.1, 0.15) is 11.9 Å². The van der Waals surface area contributed by atoms with Crippen LogP contribution in [0.4, 0.5) is 4.39 Å². The van der Waals surface area contributed by atoms with Gasteiger partial charge in [0.15, 0.2) is 0 Å². The highest BCUT2D eigenvalue weighted by Crippen LogP contribution is 2.22. The second-order valence-electron chi connectivity index (χ2n) is 7.02. The SMILES string of the molecule is CC(C)(C)c1ccc(C(=O)N[C@@H](Cc2ccc(F)cc2)C(=O)O)cc1. The molecule has 0 saturated carbocycles. The molecule has 1 amide bonds. The Morgan fingerprint density at radius 2 is 1.60 bits per heavy atom. The number of hydrogen-bond acceptors (Lipinski definition) is 2. The average Bonchev–Trinajstić information content (AvgIpc) is 2.55. The van der Waals surface area contributed by atoms with E-state index in [1.807, 2.05) is 12.1 Å². The zero-order valence-electron chi connectivity index (χ0n) is 14.5. The number of amides is 1. The molecule has 0 radical (unpaired) electrons. The second-order valence-corrected chi connectivity index (χ2v) is 7.02. The molecule has 0 aliphatic carbocycles. The third kappa shape index (κ3) is 5.14. The molecule has 2 aromatic rings. The zero-order valence-corrected chi connectivity index (χ0v) is 14.5. The van der Waals surface area contributed by atoms with Crippen molar-refractivity contribution in [3.63, 3.8) is 0 Å². The number of hydrogen-bond donors (Lipinski definition) is 2. The number of aliphatic carboxylic acids is 1. The summed E-state index contributed by atoms with van der Waals surface area (Å²) in [4.78, 5) is 23.8. The van der Waals surface area contributed by atoms with Crippen LogP contribution in [0.5, 0.6) is 0 Å². The normalized spacial score (nSPS) is 12.5. The van der Waals surface area contributed by atoms with Crippen molar-refractivity contribution in [2.24, 2.45) is 0 Å². The van der Waals surface area contributed by atoms with Crippen molar-refractivity contribution >= 4 is 11.9 Å². The van der Waals surface area contributed by atoms with Crippen LogP contribution in [0.3, 0.4) is 0 Å². The zero-order chi connectivity index (χ0) is 18.6. The van der Waals surface area contributed by atoms with Crippen molar-refractivity contribution in [2.45, 2.75) is 38.6 Å². The lowest BCUT2D eigenvalue weighted by atomic mass is 9.86. The van der Waals surface area contributed by atoms with Gasteiger partial charge in [-0.25, -0.2) is 9.18 Å². The maximum atomic E-state index is 12.9. The molecule has 0 heterocycles. The Kier molecular flexibility index (Phi) is 5.57. The molecule has 0 aliphatic heterocycles. The van der Waals surface area contributed by atoms with Gasteiger partial charge in [-0.05, 0) is 40.8 Å². The number of nitrogens with one attached hydrogen (secondary N) is 1. The molecule has 2 rings (SSSR count). The fourth-order valence-electron chi connectivity index (χ4n) is 2.42. The van der Waals surface area contributed by atoms with Crippen LogP contribution in [-0.4, -0.2) is 23.0 Å². The van der Waals surface area contributed by atoms with Crippen LogP contribution in [0, 0.1) is 5.82 Å². The van der Waals surface area contributed by atoms with Crippen LogP contribution in [0.2, 0.25) is 0 Å². The quantitative estimate of drug-likeness (QED) is 0.872. The standard InChI is InChI=1S/C20H22FNO3/c1-20(2,3)15-8-6-14(7-9-15)18(23)22-17(19(24)25)12-13-4-10-16(21)11-5-13/h4-11,17H,12H2,1-3H3,(H,22,23)(H,24,25)/t17-/m0/s1. The molecule has 0 spiro atoms. The lowest BCUT2D eigenvalue weighted by molar-refractivity contribution is -0.139. The summed E-state index contributed by atoms with van der Waals surface area (Å²) in [5.74, 6) is -1.97. The first-order chi connectivity index (χ1) is 11.7. The minimum Gasteiger partial charge on any atom is -0.480 e. The van der Waals surface area contributed by atoms with E-state index >= 15 is 0 Å². The first-order valence-corrected chi connectivity index (χ1v) is 8.05. The Balaban J connectivity index is 2.09. The van der Waals surface area contributed by atoms with Gasteiger partial charge in [-0.2, -0.15) is 0 Å². The van der Waals surface area contributed by atoms with E-state index in [0.29, 0.717) is 11.1 Å². The van der Waals surface area contributed by atoms with E-state index in [0.717, 1.165) is 5.56 Å². The summed E-state index contributed by atoms with van der Waals surface area (Å²) in [7, 11) is 0. The molecule has 0 aromatic heterocycles. The number of carboxylic acid groups (broad SMARTS) is 1. The van der Waals surface area contributed by atoms with Gasteiger partial charge in [0.25, 0.3) is 5.91 Å². The molecule has 0 bridgehead atoms. The molecule has 25 heavy (non-hydrogen) atoms. The second kappa shape index (κ2) is 7.47. The highest BCUT2D eigenvalue weighted by Gasteiger charge is 2.21. The van der Waals surface area contributed by atoms with E-state index in [-0.39, 0.29) is 11.8 Å². The number of rotatable bonds is 5. The van der Waals surface area contributed by atoms with Crippen molar-refractivity contribution in [1.82, 2.24) is 5.32 Å². The van der Waals surface area contributed by atoms with E-state index in [2.05, 4.69) is 26.1 Å². The lowest BCUT2D eigenvalue weighted by Crippen LogP contribution is -2.42. The van der Waals surface area contributed by atoms with Crippen molar-refractivity contribution in [3.8, 4) is 0 Å². The number of carboxylic acids is 1. The van der Waals surface area contributed by atoms with Gasteiger partial charge in [0.05, 0.1) is 0 Å². The lowest BCUT2D eigenvalue weighted by Gasteiger charge is -2.19. The fourth-order valence-corrected chi connectivity index (χ4v) is 2.42. The third-order valence-corrected chi connectivity index (χ3v) is 3.97. The summed E-state index contributed by atoms with van der Waals surface area (Å²) in [5, 5.41) is 11.9. The summed E-state index contributed by atoms with van der Waals surface area (Å²) in [6.07, 6.45) is 0.0848. The van der Waals surface area contributed by atoms with Crippen LogP contribution >= 0.6 is 0 Å². The molecule has 2 N–H and O–H groups in total. The molecule has 132 valence electrons. The molecule has 0 aliphatic rings. The van der Waals surface area contributed by atoms with Crippen molar-refractivity contribution in [2.75, 3.05) is 0 Å². The minimum absolute atomic E-state index is 0.0266. The topological polar surface area (TPSA) is 66.4 Å². The Morgan fingerprint density at radius 1 is 1.04 bits per heavy atom. The molecule has 2 aromatic carbocycles. The number of halogens is 1. The number of carbonyl (C=O) groups excluding carboxylic acids is 1. The van der Waals surface area contributed by atoms with Crippen LogP contribution in [-0.2, 0) is 16.6 Å². The predicted octanol–water partition coefficient (Wildman–Crippen LogP) is 3.55. The van der Waals surface area contributed by atoms with Gasteiger partial charge in [0.2, 0.25) is 0 Å². The highest BCUT2D eigenvalue weighted by atomic mass is 19.1. The van der Waals surface area contributed by atoms with Gasteiger partial charge in [-0.3, -0.25) is 4.79 Å². The van der Waals surface area contributed by atoms with Crippen LogP contribution in [0.15, 0.2) is 48.5 Å². The smallest absolute Gasteiger partial charge is 0.326 e. The van der Waals surface area contributed by atoms with E-state index in [1.54, 1.807) is 12.1 Å². The predicted molar refractivity (Wildman–Crippen MR) is 94.1 cm³/mol. The number of benzene rings is 2. The van der Waals surface area contributed by atoms with Gasteiger partial charge in [0, 0.05) is 12.0 Å². The maximum Gasteiger partial charge on any atom is 0.326 e. The molecule has 0 fully saturated rings. The average molecular weight is 343 g/mol. The maximum absolute atomic E-state index is 12.9. The molecule has 1 atom stereocenters. The van der Waals surface area contributed by atoms with E-state index < -0.39 is 23.7 Å². The Bertz CT molecular complexity index is 746. The minimum atomic E-state index is -1.14. The Labute approximate surface area is 146 Å². The van der Waals surface area contributed by atoms with Gasteiger partial charge in [-0.1, -0.05) is 45.0 Å². The summed E-state index contributed by atoms with van der Waals surface area (Å²) < 4.78 is 12.9. The Morgan fingerprint density at radius 3 is 2.08 bits per heavy atom. The molecule has 0 saturated heterocycles. The van der Waals surface area contributed by atoms with Gasteiger partial charge < -0.3 is 10.4 Å². The van der Waals surface area contributed by atoms with Crippen molar-refractivity contribution in [1.29, 1.82) is 0 Å². The first kappa shape index (κ1) is 18.6. The van der Waals surface area contributed by atoms with E-state index in [9.17, 15) is 19.1 Å².